The van der Waals surface area contributed by atoms with Gasteiger partial charge in [0.2, 0.25) is 0 Å². The molecule has 2 heterocycles. The second-order valence-corrected chi connectivity index (χ2v) is 5.32. The van der Waals surface area contributed by atoms with Gasteiger partial charge in [0.05, 0.1) is 15.7 Å². The molecule has 0 saturated carbocycles. The van der Waals surface area contributed by atoms with Crippen LogP contribution in [-0.2, 0) is 19.5 Å². The molecule has 3 rings (SSSR count). The minimum atomic E-state index is 0.527. The van der Waals surface area contributed by atoms with Crippen molar-refractivity contribution in [3.05, 3.63) is 45.2 Å². The smallest absolute Gasteiger partial charge is 0.159 e. The van der Waals surface area contributed by atoms with E-state index in [-0.39, 0.29) is 0 Å². The molecule has 0 radical (unpaired) electrons. The van der Waals surface area contributed by atoms with Gasteiger partial charge < -0.3 is 5.32 Å². The quantitative estimate of drug-likeness (QED) is 0.919. The molecule has 1 aromatic heterocycles. The van der Waals surface area contributed by atoms with Gasteiger partial charge in [-0.05, 0) is 24.6 Å². The fourth-order valence-electron chi connectivity index (χ4n) is 2.30. The molecular formula is C14H13Cl2N3. The first-order valence-electron chi connectivity index (χ1n) is 6.24. The van der Waals surface area contributed by atoms with Crippen LogP contribution in [0.5, 0.6) is 0 Å². The van der Waals surface area contributed by atoms with Gasteiger partial charge in [-0.15, -0.1) is 0 Å². The van der Waals surface area contributed by atoms with Crippen molar-refractivity contribution >= 4 is 23.2 Å². The van der Waals surface area contributed by atoms with E-state index < -0.39 is 0 Å². The largest absolute Gasteiger partial charge is 0.307 e. The molecule has 0 spiro atoms. The lowest BCUT2D eigenvalue weighted by Gasteiger charge is -2.08. The van der Waals surface area contributed by atoms with Gasteiger partial charge >= 0.3 is 0 Å². The summed E-state index contributed by atoms with van der Waals surface area (Å²) in [6.07, 6.45) is 0.904. The van der Waals surface area contributed by atoms with Crippen LogP contribution in [0.2, 0.25) is 10.0 Å². The predicted octanol–water partition coefficient (Wildman–Crippen LogP) is 3.62. The molecule has 5 heteroatoms. The van der Waals surface area contributed by atoms with Crippen LogP contribution >= 0.6 is 23.2 Å². The van der Waals surface area contributed by atoms with E-state index in [2.05, 4.69) is 22.2 Å². The van der Waals surface area contributed by atoms with Gasteiger partial charge in [-0.25, -0.2) is 9.97 Å². The zero-order chi connectivity index (χ0) is 13.4. The Morgan fingerprint density at radius 1 is 1.16 bits per heavy atom. The molecule has 19 heavy (non-hydrogen) atoms. The lowest BCUT2D eigenvalue weighted by Crippen LogP contribution is -2.02. The van der Waals surface area contributed by atoms with E-state index in [0.717, 1.165) is 42.3 Å². The first-order valence-corrected chi connectivity index (χ1v) is 6.99. The maximum Gasteiger partial charge on any atom is 0.159 e. The summed E-state index contributed by atoms with van der Waals surface area (Å²) in [5.74, 6) is 0.720. The van der Waals surface area contributed by atoms with Crippen molar-refractivity contribution in [3.63, 3.8) is 0 Å². The van der Waals surface area contributed by atoms with E-state index in [9.17, 15) is 0 Å². The van der Waals surface area contributed by atoms with Crippen LogP contribution in [0.15, 0.2) is 18.2 Å². The van der Waals surface area contributed by atoms with E-state index in [1.165, 1.54) is 5.56 Å². The molecule has 1 aromatic carbocycles. The molecule has 1 aliphatic heterocycles. The number of aryl methyl sites for hydroxylation is 1. The Bertz CT molecular complexity index is 641. The Labute approximate surface area is 122 Å². The number of nitrogens with zero attached hydrogens (tertiary/aromatic N) is 2. The Morgan fingerprint density at radius 3 is 2.74 bits per heavy atom. The van der Waals surface area contributed by atoms with Crippen LogP contribution in [0.3, 0.4) is 0 Å². The molecule has 0 bridgehead atoms. The summed E-state index contributed by atoms with van der Waals surface area (Å²) in [6.45, 7) is 3.78. The van der Waals surface area contributed by atoms with E-state index in [0.29, 0.717) is 10.0 Å². The fourth-order valence-corrected chi connectivity index (χ4v) is 2.59. The fraction of sp³-hybridized carbons (Fsp3) is 0.286. The SMILES string of the molecule is CCc1nc(-c2ccc(Cl)c(Cl)c2)nc2c1CNC2. The van der Waals surface area contributed by atoms with Gasteiger partial charge in [-0.3, -0.25) is 0 Å². The number of rotatable bonds is 2. The van der Waals surface area contributed by atoms with E-state index >= 15 is 0 Å². The summed E-state index contributed by atoms with van der Waals surface area (Å²) >= 11 is 12.0. The van der Waals surface area contributed by atoms with Crippen LogP contribution < -0.4 is 5.32 Å². The molecule has 0 fully saturated rings. The van der Waals surface area contributed by atoms with E-state index in [1.807, 2.05) is 12.1 Å². The summed E-state index contributed by atoms with van der Waals surface area (Å²) in [7, 11) is 0. The monoisotopic (exact) mass is 293 g/mol. The van der Waals surface area contributed by atoms with Gasteiger partial charge in [0.25, 0.3) is 0 Å². The molecule has 0 amide bonds. The second-order valence-electron chi connectivity index (χ2n) is 4.51. The Hall–Kier alpha value is -1.16. The molecule has 0 unspecified atom stereocenters. The lowest BCUT2D eigenvalue weighted by atomic mass is 10.1. The lowest BCUT2D eigenvalue weighted by molar-refractivity contribution is 0.755. The highest BCUT2D eigenvalue weighted by Gasteiger charge is 2.18. The Kier molecular flexibility index (Phi) is 3.44. The van der Waals surface area contributed by atoms with E-state index in [4.69, 9.17) is 23.2 Å². The number of hydrogen-bond donors (Lipinski definition) is 1. The predicted molar refractivity (Wildman–Crippen MR) is 77.4 cm³/mol. The molecule has 1 aliphatic rings. The molecule has 98 valence electrons. The summed E-state index contributed by atoms with van der Waals surface area (Å²) in [4.78, 5) is 9.28. The third-order valence-corrected chi connectivity index (χ3v) is 4.02. The van der Waals surface area contributed by atoms with Gasteiger partial charge in [-0.2, -0.15) is 0 Å². The van der Waals surface area contributed by atoms with Crippen LogP contribution in [0.4, 0.5) is 0 Å². The topological polar surface area (TPSA) is 37.8 Å². The molecule has 0 aliphatic carbocycles. The number of fused-ring (bicyclic) bond motifs is 1. The van der Waals surface area contributed by atoms with Gasteiger partial charge in [-0.1, -0.05) is 30.1 Å². The maximum atomic E-state index is 6.05. The third kappa shape index (κ3) is 2.34. The van der Waals surface area contributed by atoms with Crippen molar-refractivity contribution < 1.29 is 0 Å². The molecule has 0 saturated heterocycles. The van der Waals surface area contributed by atoms with Crippen molar-refractivity contribution in [2.75, 3.05) is 0 Å². The van der Waals surface area contributed by atoms with Gasteiger partial charge in [0.15, 0.2) is 5.82 Å². The Morgan fingerprint density at radius 2 is 2.00 bits per heavy atom. The Balaban J connectivity index is 2.12. The first kappa shape index (κ1) is 12.9. The van der Waals surface area contributed by atoms with Crippen molar-refractivity contribution in [3.8, 4) is 11.4 Å². The van der Waals surface area contributed by atoms with Crippen LogP contribution in [0.1, 0.15) is 23.9 Å². The number of aromatic nitrogens is 2. The van der Waals surface area contributed by atoms with E-state index in [1.54, 1.807) is 6.07 Å². The van der Waals surface area contributed by atoms with Gasteiger partial charge in [0, 0.05) is 29.9 Å². The maximum absolute atomic E-state index is 6.05. The summed E-state index contributed by atoms with van der Waals surface area (Å²) in [6, 6.07) is 5.49. The standard InChI is InChI=1S/C14H13Cl2N3/c1-2-12-9-6-17-7-13(9)19-14(18-12)8-3-4-10(15)11(16)5-8/h3-5,17H,2,6-7H2,1H3. The van der Waals surface area contributed by atoms with Crippen molar-refractivity contribution in [1.82, 2.24) is 15.3 Å². The highest BCUT2D eigenvalue weighted by Crippen LogP contribution is 2.28. The first-order chi connectivity index (χ1) is 9.19. The van der Waals surface area contributed by atoms with Crippen molar-refractivity contribution in [1.29, 1.82) is 0 Å². The normalized spacial score (nSPS) is 13.6. The molecule has 3 nitrogen and oxygen atoms in total. The van der Waals surface area contributed by atoms with Crippen LogP contribution in [0, 0.1) is 0 Å². The number of halogens is 2. The number of nitrogens with one attached hydrogen (secondary N) is 1. The number of benzene rings is 1. The average molecular weight is 294 g/mol. The average Bonchev–Trinajstić information content (AvgIpc) is 2.89. The zero-order valence-corrected chi connectivity index (χ0v) is 12.0. The molecule has 1 N–H and O–H groups in total. The molecule has 2 aromatic rings. The highest BCUT2D eigenvalue weighted by atomic mass is 35.5. The second kappa shape index (κ2) is 5.08. The summed E-state index contributed by atoms with van der Waals surface area (Å²) < 4.78 is 0. The minimum absolute atomic E-state index is 0.527. The van der Waals surface area contributed by atoms with Crippen molar-refractivity contribution in [2.24, 2.45) is 0 Å². The van der Waals surface area contributed by atoms with Crippen LogP contribution in [0.25, 0.3) is 11.4 Å². The molecular weight excluding hydrogens is 281 g/mol. The summed E-state index contributed by atoms with van der Waals surface area (Å²) in [5, 5.41) is 4.38. The zero-order valence-electron chi connectivity index (χ0n) is 10.5. The number of hydrogen-bond acceptors (Lipinski definition) is 3. The van der Waals surface area contributed by atoms with Gasteiger partial charge in [0.1, 0.15) is 0 Å². The third-order valence-electron chi connectivity index (χ3n) is 3.29. The molecule has 0 atom stereocenters. The summed E-state index contributed by atoms with van der Waals surface area (Å²) in [5.41, 5.74) is 4.34. The minimum Gasteiger partial charge on any atom is -0.307 e. The van der Waals surface area contributed by atoms with Crippen LogP contribution in [-0.4, -0.2) is 9.97 Å². The van der Waals surface area contributed by atoms with Crippen molar-refractivity contribution in [2.45, 2.75) is 26.4 Å². The highest BCUT2D eigenvalue weighted by molar-refractivity contribution is 6.42.